The van der Waals surface area contributed by atoms with Crippen molar-refractivity contribution in [3.05, 3.63) is 23.5 Å². The van der Waals surface area contributed by atoms with E-state index in [-0.39, 0.29) is 11.8 Å². The number of hydrogen-bond donors (Lipinski definition) is 2. The second kappa shape index (κ2) is 8.05. The van der Waals surface area contributed by atoms with Gasteiger partial charge < -0.3 is 19.9 Å². The number of piperidine rings is 1. The molecule has 1 unspecified atom stereocenters. The van der Waals surface area contributed by atoms with E-state index in [1.165, 1.54) is 0 Å². The molecule has 3 fully saturated rings. The van der Waals surface area contributed by atoms with Gasteiger partial charge in [-0.2, -0.15) is 0 Å². The highest BCUT2D eigenvalue weighted by Crippen LogP contribution is 2.39. The fourth-order valence-corrected chi connectivity index (χ4v) is 5.15. The van der Waals surface area contributed by atoms with Gasteiger partial charge in [0.05, 0.1) is 5.56 Å². The number of aromatic nitrogens is 1. The molecule has 0 saturated carbocycles. The van der Waals surface area contributed by atoms with Crippen molar-refractivity contribution in [3.8, 4) is 0 Å². The van der Waals surface area contributed by atoms with Crippen LogP contribution in [0.15, 0.2) is 12.3 Å². The summed E-state index contributed by atoms with van der Waals surface area (Å²) in [6.07, 6.45) is 8.64. The Bertz CT molecular complexity index is 666. The van der Waals surface area contributed by atoms with Gasteiger partial charge in [0.2, 0.25) is 5.91 Å². The van der Waals surface area contributed by atoms with Crippen LogP contribution in [-0.2, 0) is 9.53 Å². The third-order valence-electron chi connectivity index (χ3n) is 6.65. The average Bonchev–Trinajstić information content (AvgIpc) is 3.21. The summed E-state index contributed by atoms with van der Waals surface area (Å²) in [6, 6.07) is 2.53. The summed E-state index contributed by atoms with van der Waals surface area (Å²) in [7, 11) is 0. The standard InChI is InChI=1S/C21H31N3O3/c1-14-19(4-7-22-14)21(26)24-17-2-3-18(24)11-16(10-17)13-23-20(25)12-15-5-8-27-9-6-15/h4,7,15-18,22H,2-3,5-6,8-13H2,1H3,(H,23,25)/t16?,17-,18+. The highest BCUT2D eigenvalue weighted by atomic mass is 16.5. The fourth-order valence-electron chi connectivity index (χ4n) is 5.15. The molecule has 3 aliphatic heterocycles. The Kier molecular flexibility index (Phi) is 5.53. The first-order valence-corrected chi connectivity index (χ1v) is 10.4. The molecule has 0 aliphatic carbocycles. The van der Waals surface area contributed by atoms with E-state index in [0.717, 1.165) is 69.5 Å². The molecule has 6 heteroatoms. The Morgan fingerprint density at radius 1 is 1.15 bits per heavy atom. The smallest absolute Gasteiger partial charge is 0.256 e. The summed E-state index contributed by atoms with van der Waals surface area (Å²) in [5.74, 6) is 1.30. The van der Waals surface area contributed by atoms with Gasteiger partial charge in [0, 0.05) is 50.2 Å². The minimum absolute atomic E-state index is 0.170. The second-order valence-corrected chi connectivity index (χ2v) is 8.52. The summed E-state index contributed by atoms with van der Waals surface area (Å²) in [6.45, 7) is 4.28. The fraction of sp³-hybridized carbons (Fsp3) is 0.714. The Balaban J connectivity index is 1.28. The summed E-state index contributed by atoms with van der Waals surface area (Å²) < 4.78 is 5.36. The molecule has 0 radical (unpaired) electrons. The molecule has 3 aliphatic rings. The normalized spacial score (nSPS) is 28.3. The van der Waals surface area contributed by atoms with E-state index >= 15 is 0 Å². The van der Waals surface area contributed by atoms with Crippen LogP contribution in [0.5, 0.6) is 0 Å². The van der Waals surface area contributed by atoms with Crippen LogP contribution in [-0.4, -0.2) is 53.5 Å². The van der Waals surface area contributed by atoms with Crippen LogP contribution in [0.1, 0.15) is 61.0 Å². The number of amides is 2. The third-order valence-corrected chi connectivity index (χ3v) is 6.65. The van der Waals surface area contributed by atoms with Crippen molar-refractivity contribution in [2.45, 2.75) is 64.0 Å². The Morgan fingerprint density at radius 3 is 2.48 bits per heavy atom. The van der Waals surface area contributed by atoms with Gasteiger partial charge in [-0.15, -0.1) is 0 Å². The maximum atomic E-state index is 13.0. The number of rotatable bonds is 5. The molecule has 148 valence electrons. The predicted molar refractivity (Wildman–Crippen MR) is 102 cm³/mol. The number of carbonyl (C=O) groups excluding carboxylic acids is 2. The van der Waals surface area contributed by atoms with Crippen molar-refractivity contribution in [3.63, 3.8) is 0 Å². The molecule has 0 aromatic carbocycles. The van der Waals surface area contributed by atoms with Gasteiger partial charge in [0.25, 0.3) is 5.91 Å². The SMILES string of the molecule is Cc1[nH]ccc1C(=O)N1[C@@H]2CC[C@H]1CC(CNC(=O)CC1CCOCC1)C2. The maximum absolute atomic E-state index is 13.0. The molecule has 1 aromatic heterocycles. The Morgan fingerprint density at radius 2 is 1.85 bits per heavy atom. The predicted octanol–water partition coefficient (Wildman–Crippen LogP) is 2.64. The number of ether oxygens (including phenoxy) is 1. The molecule has 4 heterocycles. The van der Waals surface area contributed by atoms with Gasteiger partial charge in [-0.25, -0.2) is 0 Å². The molecular weight excluding hydrogens is 342 g/mol. The van der Waals surface area contributed by atoms with Crippen molar-refractivity contribution < 1.29 is 14.3 Å². The number of carbonyl (C=O) groups is 2. The molecule has 2 bridgehead atoms. The van der Waals surface area contributed by atoms with E-state index in [9.17, 15) is 9.59 Å². The average molecular weight is 373 g/mol. The van der Waals surface area contributed by atoms with Crippen LogP contribution in [0.2, 0.25) is 0 Å². The number of aromatic amines is 1. The highest BCUT2D eigenvalue weighted by molar-refractivity contribution is 5.96. The summed E-state index contributed by atoms with van der Waals surface area (Å²) >= 11 is 0. The maximum Gasteiger partial charge on any atom is 0.256 e. The molecule has 4 rings (SSSR count). The molecular formula is C21H31N3O3. The Labute approximate surface area is 161 Å². The summed E-state index contributed by atoms with van der Waals surface area (Å²) in [4.78, 5) is 30.5. The molecule has 3 saturated heterocycles. The van der Waals surface area contributed by atoms with Crippen molar-refractivity contribution >= 4 is 11.8 Å². The lowest BCUT2D eigenvalue weighted by molar-refractivity contribution is -0.123. The van der Waals surface area contributed by atoms with Gasteiger partial charge in [-0.05, 0) is 63.4 Å². The molecule has 2 amide bonds. The lowest BCUT2D eigenvalue weighted by Gasteiger charge is -2.39. The zero-order valence-corrected chi connectivity index (χ0v) is 16.2. The zero-order valence-electron chi connectivity index (χ0n) is 16.2. The number of nitrogens with zero attached hydrogens (tertiary/aromatic N) is 1. The minimum Gasteiger partial charge on any atom is -0.381 e. The molecule has 1 aromatic rings. The van der Waals surface area contributed by atoms with Crippen LogP contribution in [0.4, 0.5) is 0 Å². The van der Waals surface area contributed by atoms with E-state index in [1.807, 2.05) is 19.2 Å². The Hall–Kier alpha value is -1.82. The molecule has 3 atom stereocenters. The van der Waals surface area contributed by atoms with E-state index in [0.29, 0.717) is 30.3 Å². The molecule has 27 heavy (non-hydrogen) atoms. The highest BCUT2D eigenvalue weighted by Gasteiger charge is 2.43. The van der Waals surface area contributed by atoms with Crippen molar-refractivity contribution in [2.24, 2.45) is 11.8 Å². The second-order valence-electron chi connectivity index (χ2n) is 8.52. The van der Waals surface area contributed by atoms with Crippen LogP contribution in [0, 0.1) is 18.8 Å². The number of aryl methyl sites for hydroxylation is 1. The minimum atomic E-state index is 0.170. The van der Waals surface area contributed by atoms with Gasteiger partial charge in [-0.3, -0.25) is 9.59 Å². The first-order valence-electron chi connectivity index (χ1n) is 10.4. The first kappa shape index (κ1) is 18.5. The van der Waals surface area contributed by atoms with Gasteiger partial charge in [0.1, 0.15) is 0 Å². The van der Waals surface area contributed by atoms with Crippen LogP contribution in [0.3, 0.4) is 0 Å². The quantitative estimate of drug-likeness (QED) is 0.833. The number of nitrogens with one attached hydrogen (secondary N) is 2. The van der Waals surface area contributed by atoms with E-state index in [2.05, 4.69) is 15.2 Å². The van der Waals surface area contributed by atoms with E-state index in [4.69, 9.17) is 4.74 Å². The van der Waals surface area contributed by atoms with Crippen molar-refractivity contribution in [2.75, 3.05) is 19.8 Å². The topological polar surface area (TPSA) is 74.4 Å². The number of H-pyrrole nitrogens is 1. The van der Waals surface area contributed by atoms with Gasteiger partial charge >= 0.3 is 0 Å². The molecule has 0 spiro atoms. The first-order chi connectivity index (χ1) is 13.1. The molecule has 6 nitrogen and oxygen atoms in total. The van der Waals surface area contributed by atoms with Crippen LogP contribution >= 0.6 is 0 Å². The lowest BCUT2D eigenvalue weighted by atomic mass is 9.89. The monoisotopic (exact) mass is 373 g/mol. The zero-order chi connectivity index (χ0) is 18.8. The van der Waals surface area contributed by atoms with Gasteiger partial charge in [0.15, 0.2) is 0 Å². The third kappa shape index (κ3) is 4.05. The van der Waals surface area contributed by atoms with E-state index < -0.39 is 0 Å². The lowest BCUT2D eigenvalue weighted by Crippen LogP contribution is -2.48. The number of hydrogen-bond acceptors (Lipinski definition) is 3. The number of fused-ring (bicyclic) bond motifs is 2. The summed E-state index contributed by atoms with van der Waals surface area (Å²) in [5, 5.41) is 3.16. The van der Waals surface area contributed by atoms with Crippen LogP contribution in [0.25, 0.3) is 0 Å². The van der Waals surface area contributed by atoms with Crippen molar-refractivity contribution in [1.29, 1.82) is 0 Å². The summed E-state index contributed by atoms with van der Waals surface area (Å²) in [5.41, 5.74) is 1.75. The molecule has 2 N–H and O–H groups in total. The largest absolute Gasteiger partial charge is 0.381 e. The van der Waals surface area contributed by atoms with Crippen molar-refractivity contribution in [1.82, 2.24) is 15.2 Å². The van der Waals surface area contributed by atoms with Crippen LogP contribution < -0.4 is 5.32 Å². The van der Waals surface area contributed by atoms with E-state index in [1.54, 1.807) is 0 Å². The van der Waals surface area contributed by atoms with Gasteiger partial charge in [-0.1, -0.05) is 0 Å².